The first-order chi connectivity index (χ1) is 28.6. The molecule has 0 saturated heterocycles. The number of hydrogen-bond acceptors (Lipinski definition) is 8. The molecule has 4 unspecified atom stereocenters. The highest BCUT2D eigenvalue weighted by Gasteiger charge is 2.52. The number of aliphatic hydroxyl groups excluding tert-OH is 1. The van der Waals surface area contributed by atoms with Crippen molar-refractivity contribution in [1.29, 1.82) is 5.41 Å². The maximum Gasteiger partial charge on any atom is 0.416 e. The van der Waals surface area contributed by atoms with Crippen molar-refractivity contribution in [3.63, 3.8) is 0 Å². The number of ketones is 2. The van der Waals surface area contributed by atoms with Crippen LogP contribution >= 0.6 is 0 Å². The quantitative estimate of drug-likeness (QED) is 0.0611. The molecule has 5 aromatic rings. The smallest absolute Gasteiger partial charge is 0.416 e. The monoisotopic (exact) mass is 817 g/mol. The molecule has 0 amide bonds. The standard InChI is InChI=1S/C49H46F3NO7/c1-4-30(2)45(56)40-25-33(18-19-35(40)27-42(53)46(57)38-15-9-8-14-37(38)34-20-22-36(23-21-34)49(50,51)52)26-44(55)60-29-48(47(58)59-28-32-12-6-5-7-13-32)31(3)24-43(54)39-16-10-11-17-41(39)48/h5-23,25,30-31,43,53-54H,4,24,26-29H2,1-3H3. The van der Waals surface area contributed by atoms with Gasteiger partial charge in [-0.05, 0) is 75.9 Å². The lowest BCUT2D eigenvalue weighted by molar-refractivity contribution is -0.163. The summed E-state index contributed by atoms with van der Waals surface area (Å²) in [6, 6.07) is 31.8. The van der Waals surface area contributed by atoms with Gasteiger partial charge in [-0.2, -0.15) is 13.2 Å². The molecule has 1 aliphatic carbocycles. The van der Waals surface area contributed by atoms with Crippen molar-refractivity contribution in [2.24, 2.45) is 11.8 Å². The van der Waals surface area contributed by atoms with Crippen molar-refractivity contribution in [1.82, 2.24) is 0 Å². The molecule has 1 aliphatic rings. The van der Waals surface area contributed by atoms with E-state index in [1.165, 1.54) is 18.2 Å². The van der Waals surface area contributed by atoms with Gasteiger partial charge in [0.15, 0.2) is 5.78 Å². The number of ether oxygens (including phenoxy) is 2. The van der Waals surface area contributed by atoms with Crippen LogP contribution < -0.4 is 0 Å². The molecule has 0 radical (unpaired) electrons. The maximum atomic E-state index is 14.1. The Morgan fingerprint density at radius 2 is 1.48 bits per heavy atom. The molecule has 0 saturated carbocycles. The predicted molar refractivity (Wildman–Crippen MR) is 221 cm³/mol. The number of Topliss-reactive ketones (excluding diaryl/α,β-unsaturated/α-hetero) is 2. The van der Waals surface area contributed by atoms with Gasteiger partial charge < -0.3 is 20.0 Å². The highest BCUT2D eigenvalue weighted by Crippen LogP contribution is 2.47. The number of rotatable bonds is 15. The molecule has 8 nitrogen and oxygen atoms in total. The summed E-state index contributed by atoms with van der Waals surface area (Å²) in [4.78, 5) is 55.3. The molecule has 4 atom stereocenters. The van der Waals surface area contributed by atoms with Crippen molar-refractivity contribution in [2.75, 3.05) is 6.61 Å². The Labute approximate surface area is 346 Å². The third-order valence-corrected chi connectivity index (χ3v) is 11.4. The van der Waals surface area contributed by atoms with Gasteiger partial charge in [0.2, 0.25) is 5.78 Å². The number of hydrogen-bond donors (Lipinski definition) is 2. The molecule has 0 bridgehead atoms. The number of fused-ring (bicyclic) bond motifs is 1. The molecule has 310 valence electrons. The average Bonchev–Trinajstić information content (AvgIpc) is 3.25. The lowest BCUT2D eigenvalue weighted by atomic mass is 9.63. The molecular formula is C49H46F3NO7. The minimum Gasteiger partial charge on any atom is -0.464 e. The molecule has 0 heterocycles. The van der Waals surface area contributed by atoms with Gasteiger partial charge >= 0.3 is 18.1 Å². The number of carbonyl (C=O) groups is 4. The van der Waals surface area contributed by atoms with E-state index in [1.807, 2.05) is 44.2 Å². The Balaban J connectivity index is 1.22. The van der Waals surface area contributed by atoms with Crippen LogP contribution in [-0.2, 0) is 50.1 Å². The largest absolute Gasteiger partial charge is 0.464 e. The summed E-state index contributed by atoms with van der Waals surface area (Å²) >= 11 is 0. The summed E-state index contributed by atoms with van der Waals surface area (Å²) in [5, 5.41) is 19.8. The lowest BCUT2D eigenvalue weighted by Crippen LogP contribution is -2.51. The SMILES string of the molecule is CCC(C)C(=O)c1cc(CC(=O)OCC2(C(=O)OCc3ccccc3)c3ccccc3C(O)CC2C)ccc1CC(=N)C(=O)c1ccccc1-c1ccc(C(F)(F)F)cc1. The highest BCUT2D eigenvalue weighted by atomic mass is 19.4. The van der Waals surface area contributed by atoms with Crippen LogP contribution in [0.1, 0.15) is 93.8 Å². The van der Waals surface area contributed by atoms with Crippen molar-refractivity contribution in [3.05, 3.63) is 166 Å². The fourth-order valence-electron chi connectivity index (χ4n) is 7.75. The summed E-state index contributed by atoms with van der Waals surface area (Å²) in [6.45, 7) is 5.09. The van der Waals surface area contributed by atoms with Crippen LogP contribution in [0.4, 0.5) is 13.2 Å². The number of nitrogens with one attached hydrogen (secondary N) is 1. The zero-order valence-corrected chi connectivity index (χ0v) is 33.6. The van der Waals surface area contributed by atoms with Gasteiger partial charge in [-0.15, -0.1) is 0 Å². The first-order valence-corrected chi connectivity index (χ1v) is 19.8. The van der Waals surface area contributed by atoms with E-state index in [1.54, 1.807) is 67.6 Å². The number of aliphatic hydroxyl groups is 1. The van der Waals surface area contributed by atoms with Crippen LogP contribution in [0.2, 0.25) is 0 Å². The van der Waals surface area contributed by atoms with E-state index >= 15 is 0 Å². The first-order valence-electron chi connectivity index (χ1n) is 19.8. The van der Waals surface area contributed by atoms with Crippen LogP contribution in [-0.4, -0.2) is 40.9 Å². The van der Waals surface area contributed by atoms with Gasteiger partial charge in [-0.25, -0.2) is 0 Å². The maximum absolute atomic E-state index is 14.1. The Hall–Kier alpha value is -6.20. The molecule has 6 rings (SSSR count). The number of alkyl halides is 3. The molecule has 0 fully saturated rings. The minimum absolute atomic E-state index is 0.000863. The molecule has 0 spiro atoms. The minimum atomic E-state index is -4.52. The van der Waals surface area contributed by atoms with Gasteiger partial charge in [0.25, 0.3) is 0 Å². The average molecular weight is 818 g/mol. The Bertz CT molecular complexity index is 2390. The second-order valence-corrected chi connectivity index (χ2v) is 15.4. The van der Waals surface area contributed by atoms with Gasteiger partial charge in [-0.3, -0.25) is 19.2 Å². The normalized spacial score (nSPS) is 17.9. The van der Waals surface area contributed by atoms with E-state index in [9.17, 15) is 37.5 Å². The molecule has 2 N–H and O–H groups in total. The molecular weight excluding hydrogens is 772 g/mol. The lowest BCUT2D eigenvalue weighted by Gasteiger charge is -2.43. The Kier molecular flexibility index (Phi) is 13.3. The van der Waals surface area contributed by atoms with Crippen molar-refractivity contribution < 1.29 is 46.9 Å². The zero-order chi connectivity index (χ0) is 43.2. The molecule has 60 heavy (non-hydrogen) atoms. The van der Waals surface area contributed by atoms with E-state index in [-0.39, 0.29) is 55.1 Å². The van der Waals surface area contributed by atoms with Gasteiger partial charge in [0, 0.05) is 23.5 Å². The number of benzene rings is 5. The summed E-state index contributed by atoms with van der Waals surface area (Å²) in [5.74, 6) is -3.03. The molecule has 11 heteroatoms. The fourth-order valence-corrected chi connectivity index (χ4v) is 7.75. The van der Waals surface area contributed by atoms with Gasteiger partial charge in [-0.1, -0.05) is 124 Å². The third-order valence-electron chi connectivity index (χ3n) is 11.4. The summed E-state index contributed by atoms with van der Waals surface area (Å²) < 4.78 is 51.4. The second-order valence-electron chi connectivity index (χ2n) is 15.4. The summed E-state index contributed by atoms with van der Waals surface area (Å²) in [6.07, 6.45) is -5.09. The Morgan fingerprint density at radius 1 is 0.817 bits per heavy atom. The predicted octanol–water partition coefficient (Wildman–Crippen LogP) is 9.89. The molecule has 0 aromatic heterocycles. The fraction of sp³-hybridized carbons (Fsp3) is 0.286. The van der Waals surface area contributed by atoms with Crippen LogP contribution in [0.25, 0.3) is 11.1 Å². The van der Waals surface area contributed by atoms with Gasteiger partial charge in [0.05, 0.1) is 23.8 Å². The highest BCUT2D eigenvalue weighted by molar-refractivity contribution is 6.46. The summed E-state index contributed by atoms with van der Waals surface area (Å²) in [5.41, 5.74) is 1.22. The van der Waals surface area contributed by atoms with Crippen molar-refractivity contribution in [3.8, 4) is 11.1 Å². The molecule has 0 aliphatic heterocycles. The zero-order valence-electron chi connectivity index (χ0n) is 33.6. The second kappa shape index (κ2) is 18.4. The van der Waals surface area contributed by atoms with Crippen LogP contribution in [0.5, 0.6) is 0 Å². The van der Waals surface area contributed by atoms with E-state index in [4.69, 9.17) is 14.9 Å². The van der Waals surface area contributed by atoms with Gasteiger partial charge in [0.1, 0.15) is 18.6 Å². The number of carbonyl (C=O) groups excluding carboxylic acids is 4. The number of halogens is 3. The van der Waals surface area contributed by atoms with E-state index in [0.717, 1.165) is 17.7 Å². The summed E-state index contributed by atoms with van der Waals surface area (Å²) in [7, 11) is 0. The Morgan fingerprint density at radius 3 is 2.18 bits per heavy atom. The third kappa shape index (κ3) is 9.31. The molecule has 5 aromatic carbocycles. The van der Waals surface area contributed by atoms with Crippen LogP contribution in [0.15, 0.2) is 121 Å². The number of esters is 2. The van der Waals surface area contributed by atoms with Crippen molar-refractivity contribution >= 4 is 29.2 Å². The first kappa shape index (κ1) is 43.4. The van der Waals surface area contributed by atoms with Crippen molar-refractivity contribution in [2.45, 2.75) is 70.8 Å². The van der Waals surface area contributed by atoms with E-state index < -0.39 is 52.8 Å². The van der Waals surface area contributed by atoms with Crippen LogP contribution in [0, 0.1) is 17.2 Å². The van der Waals surface area contributed by atoms with E-state index in [2.05, 4.69) is 0 Å². The van der Waals surface area contributed by atoms with Crippen LogP contribution in [0.3, 0.4) is 0 Å². The van der Waals surface area contributed by atoms with E-state index in [0.29, 0.717) is 39.8 Å². The topological polar surface area (TPSA) is 131 Å².